The summed E-state index contributed by atoms with van der Waals surface area (Å²) in [6.07, 6.45) is -0.223. The number of ether oxygens (including phenoxy) is 2. The highest BCUT2D eigenvalue weighted by atomic mass is 35.5. The number of nitrogens with zero attached hydrogens (tertiary/aromatic N) is 1. The molecule has 0 aromatic heterocycles. The summed E-state index contributed by atoms with van der Waals surface area (Å²) in [5.74, 6) is 1.20. The Labute approximate surface area is 194 Å². The molecule has 0 bridgehead atoms. The normalized spacial score (nSPS) is 23.6. The summed E-state index contributed by atoms with van der Waals surface area (Å²) in [7, 11) is 0. The molecule has 2 aromatic carbocycles. The van der Waals surface area contributed by atoms with Crippen LogP contribution in [0.3, 0.4) is 0 Å². The van der Waals surface area contributed by atoms with Crippen molar-refractivity contribution in [2.75, 3.05) is 24.1 Å². The molecule has 168 valence electrons. The van der Waals surface area contributed by atoms with E-state index in [1.807, 2.05) is 47.5 Å². The Kier molecular flexibility index (Phi) is 6.01. The molecule has 0 aliphatic carbocycles. The molecule has 3 atom stereocenters. The summed E-state index contributed by atoms with van der Waals surface area (Å²) in [4.78, 5) is 24.9. The van der Waals surface area contributed by atoms with Gasteiger partial charge in [0.15, 0.2) is 11.5 Å². The van der Waals surface area contributed by atoms with Gasteiger partial charge < -0.3 is 20.1 Å². The maximum Gasteiger partial charge on any atom is 0.231 e. The number of hydrazine groups is 1. The third kappa shape index (κ3) is 4.44. The molecule has 0 radical (unpaired) electrons. The fourth-order valence-electron chi connectivity index (χ4n) is 3.85. The van der Waals surface area contributed by atoms with Crippen molar-refractivity contribution in [1.29, 1.82) is 0 Å². The lowest BCUT2D eigenvalue weighted by Crippen LogP contribution is -2.63. The van der Waals surface area contributed by atoms with Crippen molar-refractivity contribution in [3.8, 4) is 11.5 Å². The predicted molar refractivity (Wildman–Crippen MR) is 121 cm³/mol. The smallest absolute Gasteiger partial charge is 0.231 e. The van der Waals surface area contributed by atoms with Gasteiger partial charge in [0.2, 0.25) is 18.6 Å². The van der Waals surface area contributed by atoms with E-state index in [1.54, 1.807) is 0 Å². The number of nitrogens with one attached hydrogen (secondary N) is 4. The molecule has 3 aliphatic heterocycles. The average molecular weight is 476 g/mol. The molecule has 0 spiro atoms. The Morgan fingerprint density at radius 2 is 2.00 bits per heavy atom. The Morgan fingerprint density at radius 1 is 1.19 bits per heavy atom. The van der Waals surface area contributed by atoms with E-state index >= 15 is 0 Å². The molecule has 4 N–H and O–H groups in total. The lowest BCUT2D eigenvalue weighted by Gasteiger charge is -2.37. The fourth-order valence-corrected chi connectivity index (χ4v) is 4.83. The highest BCUT2D eigenvalue weighted by Crippen LogP contribution is 2.32. The number of hydrogen-bond acceptors (Lipinski definition) is 8. The van der Waals surface area contributed by atoms with Gasteiger partial charge in [0.1, 0.15) is 11.7 Å². The van der Waals surface area contributed by atoms with E-state index in [-0.39, 0.29) is 41.9 Å². The second-order valence-electron chi connectivity index (χ2n) is 7.59. The zero-order chi connectivity index (χ0) is 22.1. The maximum atomic E-state index is 12.6. The van der Waals surface area contributed by atoms with Crippen LogP contribution in [-0.4, -0.2) is 42.6 Å². The molecule has 2 saturated heterocycles. The zero-order valence-corrected chi connectivity index (χ0v) is 18.5. The molecular weight excluding hydrogens is 454 g/mol. The van der Waals surface area contributed by atoms with Gasteiger partial charge in [-0.2, -0.15) is 0 Å². The first kappa shape index (κ1) is 21.2. The summed E-state index contributed by atoms with van der Waals surface area (Å²) in [6, 6.07) is 13.0. The van der Waals surface area contributed by atoms with E-state index in [4.69, 9.17) is 21.1 Å². The Morgan fingerprint density at radius 3 is 2.84 bits per heavy atom. The Hall–Kier alpha value is -2.66. The van der Waals surface area contributed by atoms with Crippen LogP contribution in [0, 0.1) is 5.92 Å². The second-order valence-corrected chi connectivity index (χ2v) is 9.12. The summed E-state index contributed by atoms with van der Waals surface area (Å²) in [5.41, 5.74) is 4.72. The monoisotopic (exact) mass is 475 g/mol. The van der Waals surface area contributed by atoms with Crippen LogP contribution in [0.5, 0.6) is 11.5 Å². The maximum absolute atomic E-state index is 12.6. The number of hydrogen-bond donors (Lipinski definition) is 4. The van der Waals surface area contributed by atoms with Crippen molar-refractivity contribution in [2.45, 2.75) is 18.2 Å². The van der Waals surface area contributed by atoms with E-state index < -0.39 is 0 Å². The second kappa shape index (κ2) is 9.07. The number of carbonyl (C=O) groups excluding carboxylic acids is 2. The van der Waals surface area contributed by atoms with Crippen LogP contribution in [0.1, 0.15) is 5.56 Å². The van der Waals surface area contributed by atoms with E-state index in [2.05, 4.69) is 21.4 Å². The molecule has 32 heavy (non-hydrogen) atoms. The van der Waals surface area contributed by atoms with Crippen LogP contribution in [0.15, 0.2) is 42.5 Å². The average Bonchev–Trinajstić information content (AvgIpc) is 3.44. The molecule has 3 heterocycles. The molecule has 3 aliphatic rings. The van der Waals surface area contributed by atoms with E-state index in [0.29, 0.717) is 29.6 Å². The number of rotatable bonds is 6. The van der Waals surface area contributed by atoms with Crippen LogP contribution in [0.25, 0.3) is 0 Å². The molecule has 0 saturated carbocycles. The van der Waals surface area contributed by atoms with Crippen LogP contribution in [0.4, 0.5) is 5.69 Å². The standard InChI is InChI=1S/C21H22ClN5O4S/c22-13-2-4-14(5-3-13)27-19-15(9-24-27)20(29)26-21(25-19)32-10-18(28)23-8-12-1-6-16-17(7-12)31-11-30-16/h1-7,15,19,21,24-25H,8-11H2,(H,23,28)(H,26,29). The van der Waals surface area contributed by atoms with E-state index in [0.717, 1.165) is 11.3 Å². The number of carbonyl (C=O) groups is 2. The molecule has 5 rings (SSSR count). The van der Waals surface area contributed by atoms with Crippen molar-refractivity contribution in [3.63, 3.8) is 0 Å². The third-order valence-electron chi connectivity index (χ3n) is 5.49. The minimum absolute atomic E-state index is 0.0454. The molecular formula is C21H22ClN5O4S. The summed E-state index contributed by atoms with van der Waals surface area (Å²) < 4.78 is 10.7. The molecule has 2 fully saturated rings. The summed E-state index contributed by atoms with van der Waals surface area (Å²) >= 11 is 7.33. The third-order valence-corrected chi connectivity index (χ3v) is 6.75. The quantitative estimate of drug-likeness (QED) is 0.497. The number of amides is 2. The van der Waals surface area contributed by atoms with Gasteiger partial charge in [-0.15, -0.1) is 11.8 Å². The predicted octanol–water partition coefficient (Wildman–Crippen LogP) is 1.39. The highest BCUT2D eigenvalue weighted by molar-refractivity contribution is 8.00. The van der Waals surface area contributed by atoms with Gasteiger partial charge >= 0.3 is 0 Å². The first-order valence-corrected chi connectivity index (χ1v) is 11.6. The van der Waals surface area contributed by atoms with Gasteiger partial charge in [-0.05, 0) is 42.0 Å². The molecule has 2 aromatic rings. The van der Waals surface area contributed by atoms with Gasteiger partial charge in [-0.3, -0.25) is 19.9 Å². The van der Waals surface area contributed by atoms with Crippen molar-refractivity contribution in [3.05, 3.63) is 53.1 Å². The van der Waals surface area contributed by atoms with Crippen molar-refractivity contribution in [2.24, 2.45) is 5.92 Å². The Bertz CT molecular complexity index is 1020. The molecule has 11 heteroatoms. The first-order chi connectivity index (χ1) is 15.6. The van der Waals surface area contributed by atoms with Gasteiger partial charge in [-0.25, -0.2) is 5.43 Å². The van der Waals surface area contributed by atoms with Crippen molar-refractivity contribution in [1.82, 2.24) is 21.4 Å². The van der Waals surface area contributed by atoms with Crippen LogP contribution in [0.2, 0.25) is 5.02 Å². The molecule has 2 amide bonds. The zero-order valence-electron chi connectivity index (χ0n) is 17.0. The minimum atomic E-state index is -0.380. The lowest BCUT2D eigenvalue weighted by molar-refractivity contribution is -0.127. The van der Waals surface area contributed by atoms with Gasteiger partial charge in [-0.1, -0.05) is 17.7 Å². The topological polar surface area (TPSA) is 104 Å². The van der Waals surface area contributed by atoms with Crippen LogP contribution < -0.4 is 35.9 Å². The van der Waals surface area contributed by atoms with Gasteiger partial charge in [0.05, 0.1) is 17.4 Å². The van der Waals surface area contributed by atoms with E-state index in [1.165, 1.54) is 11.8 Å². The first-order valence-electron chi connectivity index (χ1n) is 10.2. The molecule has 9 nitrogen and oxygen atoms in total. The molecule has 3 unspecified atom stereocenters. The fraction of sp³-hybridized carbons (Fsp3) is 0.333. The number of benzene rings is 2. The van der Waals surface area contributed by atoms with Crippen molar-refractivity contribution < 1.29 is 19.1 Å². The number of halogens is 1. The van der Waals surface area contributed by atoms with Crippen molar-refractivity contribution >= 4 is 40.9 Å². The van der Waals surface area contributed by atoms with Gasteiger partial charge in [0.25, 0.3) is 0 Å². The lowest BCUT2D eigenvalue weighted by atomic mass is 10.1. The van der Waals surface area contributed by atoms with Gasteiger partial charge in [0, 0.05) is 18.1 Å². The largest absolute Gasteiger partial charge is 0.454 e. The number of thioether (sulfide) groups is 1. The van der Waals surface area contributed by atoms with Crippen LogP contribution >= 0.6 is 23.4 Å². The van der Waals surface area contributed by atoms with Crippen LogP contribution in [-0.2, 0) is 16.1 Å². The number of fused-ring (bicyclic) bond motifs is 2. The Balaban J connectivity index is 1.14. The minimum Gasteiger partial charge on any atom is -0.454 e. The van der Waals surface area contributed by atoms with E-state index in [9.17, 15) is 9.59 Å². The summed E-state index contributed by atoms with van der Waals surface area (Å²) in [5, 5.41) is 11.8. The SMILES string of the molecule is O=C(CSC1NC(=O)C2CNN(c3ccc(Cl)cc3)C2N1)NCc1ccc2c(c1)OCO2. The highest BCUT2D eigenvalue weighted by Gasteiger charge is 2.44. The summed E-state index contributed by atoms with van der Waals surface area (Å²) in [6.45, 7) is 1.13. The number of anilines is 1.